The van der Waals surface area contributed by atoms with Gasteiger partial charge in [-0.05, 0) is 24.6 Å². The highest BCUT2D eigenvalue weighted by atomic mass is 19.2. The fraction of sp³-hybridized carbons (Fsp3) is 0.429. The van der Waals surface area contributed by atoms with E-state index in [1.54, 1.807) is 16.8 Å². The van der Waals surface area contributed by atoms with Crippen LogP contribution in [0.25, 0.3) is 0 Å². The zero-order chi connectivity index (χ0) is 14.7. The quantitative estimate of drug-likeness (QED) is 0.785. The summed E-state index contributed by atoms with van der Waals surface area (Å²) in [5.41, 5.74) is 0.119. The summed E-state index contributed by atoms with van der Waals surface area (Å²) in [6.45, 7) is 1.50. The molecule has 1 aliphatic heterocycles. The molecular weight excluding hydrogens is 266 g/mol. The zero-order valence-corrected chi connectivity index (χ0v) is 11.2. The highest BCUT2D eigenvalue weighted by Gasteiger charge is 2.21. The molecule has 1 aromatic carbocycles. The first-order valence-corrected chi connectivity index (χ1v) is 6.42. The van der Waals surface area contributed by atoms with E-state index in [0.717, 1.165) is 18.6 Å². The van der Waals surface area contributed by atoms with E-state index < -0.39 is 11.6 Å². The Labute approximate surface area is 116 Å². The highest BCUT2D eigenvalue weighted by Crippen LogP contribution is 2.11. The number of hydrogen-bond acceptors (Lipinski definition) is 3. The van der Waals surface area contributed by atoms with Crippen LogP contribution in [-0.4, -0.2) is 54.7 Å². The molecule has 0 N–H and O–H groups in total. The fourth-order valence-electron chi connectivity index (χ4n) is 2.15. The van der Waals surface area contributed by atoms with Crippen LogP contribution in [0.15, 0.2) is 18.2 Å². The zero-order valence-electron chi connectivity index (χ0n) is 11.2. The Morgan fingerprint density at radius 1 is 1.25 bits per heavy atom. The van der Waals surface area contributed by atoms with E-state index in [0.29, 0.717) is 13.1 Å². The summed E-state index contributed by atoms with van der Waals surface area (Å²) in [5.74, 6) is -2.38. The van der Waals surface area contributed by atoms with E-state index >= 15 is 0 Å². The minimum atomic E-state index is -1.04. The fourth-order valence-corrected chi connectivity index (χ4v) is 2.15. The molecule has 1 aromatic rings. The maximum atomic E-state index is 13.1. The summed E-state index contributed by atoms with van der Waals surface area (Å²) >= 11 is 0. The average Bonchev–Trinajstić information content (AvgIpc) is 2.55. The second kappa shape index (κ2) is 6.09. The smallest absolute Gasteiger partial charge is 0.236 e. The van der Waals surface area contributed by atoms with Crippen LogP contribution in [0.4, 0.5) is 8.78 Å². The topological polar surface area (TPSA) is 40.6 Å². The van der Waals surface area contributed by atoms with Crippen molar-refractivity contribution >= 4 is 11.7 Å². The molecule has 1 saturated heterocycles. The van der Waals surface area contributed by atoms with Crippen LogP contribution in [0.5, 0.6) is 0 Å². The minimum Gasteiger partial charge on any atom is -0.345 e. The normalized spacial score (nSPS) is 17.1. The predicted octanol–water partition coefficient (Wildman–Crippen LogP) is 1.31. The SMILES string of the molecule is CN1CCCN(CC(=O)c2ccc(F)c(F)c2)CC1=O. The van der Waals surface area contributed by atoms with Crippen molar-refractivity contribution in [1.29, 1.82) is 0 Å². The third-order valence-electron chi connectivity index (χ3n) is 3.36. The Morgan fingerprint density at radius 2 is 2.00 bits per heavy atom. The molecule has 0 aromatic heterocycles. The molecule has 0 aliphatic carbocycles. The molecule has 108 valence electrons. The van der Waals surface area contributed by atoms with Crippen molar-refractivity contribution in [2.45, 2.75) is 6.42 Å². The Balaban J connectivity index is 2.03. The maximum Gasteiger partial charge on any atom is 0.236 e. The number of carbonyl (C=O) groups excluding carboxylic acids is 2. The van der Waals surface area contributed by atoms with Gasteiger partial charge in [0, 0.05) is 25.7 Å². The van der Waals surface area contributed by atoms with Crippen LogP contribution in [0.2, 0.25) is 0 Å². The van der Waals surface area contributed by atoms with E-state index in [9.17, 15) is 18.4 Å². The predicted molar refractivity (Wildman–Crippen MR) is 69.4 cm³/mol. The summed E-state index contributed by atoms with van der Waals surface area (Å²) in [7, 11) is 1.73. The van der Waals surface area contributed by atoms with Gasteiger partial charge in [-0.15, -0.1) is 0 Å². The van der Waals surface area contributed by atoms with Gasteiger partial charge in [-0.1, -0.05) is 0 Å². The van der Waals surface area contributed by atoms with Gasteiger partial charge in [-0.3, -0.25) is 14.5 Å². The van der Waals surface area contributed by atoms with Crippen molar-refractivity contribution in [2.75, 3.05) is 33.2 Å². The number of halogens is 2. The lowest BCUT2D eigenvalue weighted by Crippen LogP contribution is -2.37. The van der Waals surface area contributed by atoms with Gasteiger partial charge >= 0.3 is 0 Å². The lowest BCUT2D eigenvalue weighted by molar-refractivity contribution is -0.129. The summed E-state index contributed by atoms with van der Waals surface area (Å²) in [6.07, 6.45) is 0.785. The van der Waals surface area contributed by atoms with Gasteiger partial charge < -0.3 is 4.90 Å². The number of Topliss-reactive ketones (excluding diaryl/α,β-unsaturated/α-hetero) is 1. The van der Waals surface area contributed by atoms with Gasteiger partial charge in [0.05, 0.1) is 13.1 Å². The largest absolute Gasteiger partial charge is 0.345 e. The van der Waals surface area contributed by atoms with Gasteiger partial charge in [0.1, 0.15) is 0 Å². The van der Waals surface area contributed by atoms with Crippen LogP contribution in [0.3, 0.4) is 0 Å². The molecule has 1 amide bonds. The molecule has 0 spiro atoms. The Morgan fingerprint density at radius 3 is 2.70 bits per heavy atom. The molecular formula is C14H16F2N2O2. The second-order valence-corrected chi connectivity index (χ2v) is 4.93. The number of hydrogen-bond donors (Lipinski definition) is 0. The number of ketones is 1. The Bertz CT molecular complexity index is 534. The van der Waals surface area contributed by atoms with E-state index in [4.69, 9.17) is 0 Å². The van der Waals surface area contributed by atoms with Crippen LogP contribution in [0, 0.1) is 11.6 Å². The lowest BCUT2D eigenvalue weighted by atomic mass is 10.1. The van der Waals surface area contributed by atoms with Gasteiger partial charge in [0.2, 0.25) is 5.91 Å². The van der Waals surface area contributed by atoms with Crippen LogP contribution < -0.4 is 0 Å². The summed E-state index contributed by atoms with van der Waals surface area (Å²) in [6, 6.07) is 3.08. The number of carbonyl (C=O) groups is 2. The van der Waals surface area contributed by atoms with Gasteiger partial charge in [-0.25, -0.2) is 8.78 Å². The summed E-state index contributed by atoms with van der Waals surface area (Å²) < 4.78 is 25.9. The molecule has 1 heterocycles. The third kappa shape index (κ3) is 3.39. The van der Waals surface area contributed by atoms with E-state index in [-0.39, 0.29) is 30.3 Å². The highest BCUT2D eigenvalue weighted by molar-refractivity contribution is 5.97. The van der Waals surface area contributed by atoms with Crippen molar-refractivity contribution in [2.24, 2.45) is 0 Å². The first kappa shape index (κ1) is 14.6. The molecule has 20 heavy (non-hydrogen) atoms. The van der Waals surface area contributed by atoms with Crippen LogP contribution in [-0.2, 0) is 4.79 Å². The standard InChI is InChI=1S/C14H16F2N2O2/c1-17-5-2-6-18(9-14(17)20)8-13(19)10-3-4-11(15)12(16)7-10/h3-4,7H,2,5-6,8-9H2,1H3. The average molecular weight is 282 g/mol. The van der Waals surface area contributed by atoms with Gasteiger partial charge in [0.15, 0.2) is 17.4 Å². The molecule has 2 rings (SSSR count). The number of benzene rings is 1. The molecule has 0 saturated carbocycles. The van der Waals surface area contributed by atoms with Crippen molar-refractivity contribution in [3.05, 3.63) is 35.4 Å². The van der Waals surface area contributed by atoms with E-state index in [1.165, 1.54) is 6.07 Å². The molecule has 1 fully saturated rings. The first-order valence-electron chi connectivity index (χ1n) is 6.42. The van der Waals surface area contributed by atoms with Crippen molar-refractivity contribution < 1.29 is 18.4 Å². The molecule has 0 radical (unpaired) electrons. The Kier molecular flexibility index (Phi) is 4.44. The monoisotopic (exact) mass is 282 g/mol. The maximum absolute atomic E-state index is 13.1. The van der Waals surface area contributed by atoms with E-state index in [2.05, 4.69) is 0 Å². The third-order valence-corrected chi connectivity index (χ3v) is 3.36. The van der Waals surface area contributed by atoms with Gasteiger partial charge in [0.25, 0.3) is 0 Å². The van der Waals surface area contributed by atoms with Crippen molar-refractivity contribution in [3.8, 4) is 0 Å². The molecule has 6 heteroatoms. The second-order valence-electron chi connectivity index (χ2n) is 4.93. The molecule has 1 aliphatic rings. The molecule has 4 nitrogen and oxygen atoms in total. The van der Waals surface area contributed by atoms with Crippen LogP contribution >= 0.6 is 0 Å². The number of likely N-dealkylation sites (N-methyl/N-ethyl adjacent to an activating group) is 1. The lowest BCUT2D eigenvalue weighted by Gasteiger charge is -2.18. The van der Waals surface area contributed by atoms with Crippen molar-refractivity contribution in [3.63, 3.8) is 0 Å². The number of amides is 1. The minimum absolute atomic E-state index is 0.0324. The molecule has 0 atom stereocenters. The van der Waals surface area contributed by atoms with Crippen LogP contribution in [0.1, 0.15) is 16.8 Å². The number of nitrogens with zero attached hydrogens (tertiary/aromatic N) is 2. The first-order chi connectivity index (χ1) is 9.47. The summed E-state index contributed by atoms with van der Waals surface area (Å²) in [5, 5.41) is 0. The van der Waals surface area contributed by atoms with Gasteiger partial charge in [-0.2, -0.15) is 0 Å². The van der Waals surface area contributed by atoms with Crippen molar-refractivity contribution in [1.82, 2.24) is 9.80 Å². The number of rotatable bonds is 3. The van der Waals surface area contributed by atoms with E-state index in [1.807, 2.05) is 0 Å². The molecule has 0 unspecified atom stereocenters. The Hall–Kier alpha value is -1.82. The molecule has 0 bridgehead atoms. The summed E-state index contributed by atoms with van der Waals surface area (Å²) in [4.78, 5) is 27.1.